The van der Waals surface area contributed by atoms with Gasteiger partial charge in [0.05, 0.1) is 26.2 Å². The Bertz CT molecular complexity index is 911. The normalized spacial score (nSPS) is 17.8. The minimum absolute atomic E-state index is 0.643. The van der Waals surface area contributed by atoms with Crippen molar-refractivity contribution in [3.63, 3.8) is 0 Å². The van der Waals surface area contributed by atoms with Crippen LogP contribution in [0.3, 0.4) is 0 Å². The average Bonchev–Trinajstić information content (AvgIpc) is 2.66. The third-order valence-corrected chi connectivity index (χ3v) is 4.98. The predicted molar refractivity (Wildman–Crippen MR) is 115 cm³/mol. The van der Waals surface area contributed by atoms with Crippen LogP contribution in [0.4, 0.5) is 11.4 Å². The van der Waals surface area contributed by atoms with Crippen molar-refractivity contribution in [3.05, 3.63) is 48.0 Å². The third kappa shape index (κ3) is 4.09. The van der Waals surface area contributed by atoms with E-state index in [1.807, 2.05) is 42.5 Å². The van der Waals surface area contributed by atoms with Crippen molar-refractivity contribution in [2.24, 2.45) is 4.99 Å². The molecule has 2 aromatic rings. The molecule has 3 rings (SSSR count). The van der Waals surface area contributed by atoms with E-state index in [9.17, 15) is 0 Å². The number of fused-ring (bicyclic) bond motifs is 1. The van der Waals surface area contributed by atoms with E-state index in [1.54, 1.807) is 20.6 Å². The molecule has 0 bridgehead atoms. The fourth-order valence-electron chi connectivity index (χ4n) is 2.80. The van der Waals surface area contributed by atoms with Gasteiger partial charge in [0.1, 0.15) is 8.07 Å². The highest BCUT2D eigenvalue weighted by Crippen LogP contribution is 2.41. The average molecular weight is 380 g/mol. The molecule has 6 heteroatoms. The van der Waals surface area contributed by atoms with Crippen LogP contribution >= 0.6 is 0 Å². The molecule has 0 saturated heterocycles. The molecule has 1 aliphatic heterocycles. The summed E-state index contributed by atoms with van der Waals surface area (Å²) in [5.74, 6) is 4.74. The second-order valence-electron chi connectivity index (χ2n) is 7.36. The molecule has 1 aliphatic rings. The summed E-state index contributed by atoms with van der Waals surface area (Å²) in [4.78, 5) is 4.74. The Labute approximate surface area is 161 Å². The minimum atomic E-state index is -1.62. The predicted octanol–water partition coefficient (Wildman–Crippen LogP) is 4.30. The maximum Gasteiger partial charge on any atom is 0.221 e. The van der Waals surface area contributed by atoms with Crippen LogP contribution in [0.1, 0.15) is 5.56 Å². The molecule has 5 nitrogen and oxygen atoms in total. The molecule has 0 fully saturated rings. The lowest BCUT2D eigenvalue weighted by Gasteiger charge is -2.33. The molecule has 0 aromatic heterocycles. The number of para-hydroxylation sites is 1. The van der Waals surface area contributed by atoms with E-state index in [0.717, 1.165) is 16.9 Å². The summed E-state index contributed by atoms with van der Waals surface area (Å²) in [5.41, 5.74) is 5.30. The molecule has 0 saturated carbocycles. The van der Waals surface area contributed by atoms with E-state index < -0.39 is 13.7 Å². The summed E-state index contributed by atoms with van der Waals surface area (Å²) < 4.78 is 11.0. The Hall–Kier alpha value is -2.91. The second kappa shape index (κ2) is 7.37. The molecule has 2 aromatic carbocycles. The summed E-state index contributed by atoms with van der Waals surface area (Å²) >= 11 is 0. The Morgan fingerprint density at radius 1 is 1.04 bits per heavy atom. The van der Waals surface area contributed by atoms with Crippen molar-refractivity contribution < 1.29 is 9.47 Å². The highest BCUT2D eigenvalue weighted by molar-refractivity contribution is 6.83. The van der Waals surface area contributed by atoms with Gasteiger partial charge in [-0.3, -0.25) is 0 Å². The maximum absolute atomic E-state index is 5.52. The molecule has 0 aliphatic carbocycles. The fourth-order valence-corrected chi connectivity index (χ4v) is 3.36. The van der Waals surface area contributed by atoms with Crippen LogP contribution in [-0.4, -0.2) is 28.6 Å². The van der Waals surface area contributed by atoms with Gasteiger partial charge in [0.15, 0.2) is 11.5 Å². The summed E-state index contributed by atoms with van der Waals surface area (Å²) in [7, 11) is 1.64. The van der Waals surface area contributed by atoms with Crippen LogP contribution in [0.5, 0.6) is 11.5 Å². The number of nitrogens with zero attached hydrogens (tertiary/aromatic N) is 1. The largest absolute Gasteiger partial charge is 0.493 e. The van der Waals surface area contributed by atoms with Gasteiger partial charge in [-0.2, -0.15) is 0 Å². The van der Waals surface area contributed by atoms with E-state index in [4.69, 9.17) is 14.5 Å². The minimum Gasteiger partial charge on any atom is -0.493 e. The summed E-state index contributed by atoms with van der Waals surface area (Å²) in [6, 6.07) is 13.8. The van der Waals surface area contributed by atoms with E-state index in [0.29, 0.717) is 11.5 Å². The van der Waals surface area contributed by atoms with Gasteiger partial charge in [-0.05, 0) is 18.2 Å². The zero-order chi connectivity index (χ0) is 19.5. The zero-order valence-corrected chi connectivity index (χ0v) is 17.4. The van der Waals surface area contributed by atoms with Gasteiger partial charge in [0.25, 0.3) is 0 Å². The molecule has 27 heavy (non-hydrogen) atoms. The molecule has 140 valence electrons. The number of hydrogen-bond donors (Lipinski definition) is 2. The highest BCUT2D eigenvalue weighted by Gasteiger charge is 2.36. The number of aliphatic imine (C=N–C) groups is 1. The van der Waals surface area contributed by atoms with Crippen LogP contribution in [-0.2, 0) is 5.66 Å². The van der Waals surface area contributed by atoms with Gasteiger partial charge < -0.3 is 20.1 Å². The second-order valence-corrected chi connectivity index (χ2v) is 12.1. The van der Waals surface area contributed by atoms with Crippen LogP contribution in [0.2, 0.25) is 19.6 Å². The van der Waals surface area contributed by atoms with Gasteiger partial charge in [0.2, 0.25) is 5.66 Å². The molecule has 2 N–H and O–H groups in total. The van der Waals surface area contributed by atoms with Crippen LogP contribution in [0, 0.1) is 11.5 Å². The number of hydrogen-bond acceptors (Lipinski definition) is 5. The Morgan fingerprint density at radius 3 is 2.33 bits per heavy atom. The van der Waals surface area contributed by atoms with E-state index >= 15 is 0 Å². The van der Waals surface area contributed by atoms with Crippen molar-refractivity contribution in [2.75, 3.05) is 24.9 Å². The number of methoxy groups -OCH3 is 2. The molecular weight excluding hydrogens is 354 g/mol. The molecule has 0 radical (unpaired) electrons. The number of rotatable bonds is 4. The zero-order valence-electron chi connectivity index (χ0n) is 16.4. The van der Waals surface area contributed by atoms with Crippen LogP contribution in [0.25, 0.3) is 0 Å². The number of ether oxygens (including phenoxy) is 2. The van der Waals surface area contributed by atoms with Gasteiger partial charge in [-0.15, -0.1) is 5.54 Å². The Kier molecular flexibility index (Phi) is 5.15. The first-order chi connectivity index (χ1) is 12.9. The van der Waals surface area contributed by atoms with Gasteiger partial charge >= 0.3 is 0 Å². The molecule has 0 spiro atoms. The fraction of sp³-hybridized carbons (Fsp3) is 0.286. The van der Waals surface area contributed by atoms with Gasteiger partial charge in [-0.1, -0.05) is 43.8 Å². The van der Waals surface area contributed by atoms with Crippen molar-refractivity contribution in [1.82, 2.24) is 0 Å². The number of nitrogens with one attached hydrogen (secondary N) is 2. The molecule has 1 heterocycles. The lowest BCUT2D eigenvalue weighted by atomic mass is 9.96. The van der Waals surface area contributed by atoms with Crippen molar-refractivity contribution in [1.29, 1.82) is 0 Å². The quantitative estimate of drug-likeness (QED) is 0.614. The molecule has 0 amide bonds. The van der Waals surface area contributed by atoms with Crippen molar-refractivity contribution in [2.45, 2.75) is 25.3 Å². The topological polar surface area (TPSA) is 54.9 Å². The van der Waals surface area contributed by atoms with Crippen LogP contribution < -0.4 is 20.1 Å². The Morgan fingerprint density at radius 2 is 1.70 bits per heavy atom. The standard InChI is InChI=1S/C21H25N3O2Si/c1-25-19-13-17-18(14-20(19)26-2)22-15-23-21(17,11-12-27(3,4)5)24-16-9-7-6-8-10-16/h6-10,13-15,24H,1-5H3,(H,22,23). The monoisotopic (exact) mass is 379 g/mol. The molecular formula is C21H25N3O2Si. The van der Waals surface area contributed by atoms with E-state index in [-0.39, 0.29) is 0 Å². The first-order valence-electron chi connectivity index (χ1n) is 8.81. The van der Waals surface area contributed by atoms with Crippen molar-refractivity contribution >= 4 is 25.8 Å². The smallest absolute Gasteiger partial charge is 0.221 e. The summed E-state index contributed by atoms with van der Waals surface area (Å²) in [6.45, 7) is 6.66. The van der Waals surface area contributed by atoms with E-state index in [2.05, 4.69) is 41.7 Å². The highest BCUT2D eigenvalue weighted by atomic mass is 28.3. The lowest BCUT2D eigenvalue weighted by molar-refractivity contribution is 0.354. The number of anilines is 2. The van der Waals surface area contributed by atoms with Crippen LogP contribution in [0.15, 0.2) is 47.5 Å². The molecule has 1 atom stereocenters. The lowest BCUT2D eigenvalue weighted by Crippen LogP contribution is -2.36. The third-order valence-electron chi connectivity index (χ3n) is 4.11. The molecule has 1 unspecified atom stereocenters. The first kappa shape index (κ1) is 18.9. The van der Waals surface area contributed by atoms with Crippen molar-refractivity contribution in [3.8, 4) is 23.0 Å². The van der Waals surface area contributed by atoms with E-state index in [1.165, 1.54) is 0 Å². The summed E-state index contributed by atoms with van der Waals surface area (Å²) in [6.07, 6.45) is 1.68. The Balaban J connectivity index is 2.20. The first-order valence-corrected chi connectivity index (χ1v) is 12.3. The SMILES string of the molecule is COc1cc2c(cc1OC)C(C#C[Si](C)(C)C)(Nc1ccccc1)N=CN2. The van der Waals surface area contributed by atoms with Gasteiger partial charge in [-0.25, -0.2) is 4.99 Å². The maximum atomic E-state index is 5.52. The van der Waals surface area contributed by atoms with Gasteiger partial charge in [0, 0.05) is 17.3 Å². The summed E-state index contributed by atoms with van der Waals surface area (Å²) in [5, 5.41) is 6.73. The number of benzene rings is 2.